The van der Waals surface area contributed by atoms with Crippen LogP contribution in [0.1, 0.15) is 35.7 Å². The van der Waals surface area contributed by atoms with E-state index in [1.807, 2.05) is 5.38 Å². The third kappa shape index (κ3) is 2.43. The molecule has 9 heteroatoms. The van der Waals surface area contributed by atoms with Crippen LogP contribution in [0.3, 0.4) is 0 Å². The van der Waals surface area contributed by atoms with E-state index in [0.717, 1.165) is 18.5 Å². The lowest BCUT2D eigenvalue weighted by molar-refractivity contribution is 0.595. The summed E-state index contributed by atoms with van der Waals surface area (Å²) in [7, 11) is -3.75. The van der Waals surface area contributed by atoms with Crippen LogP contribution in [0.2, 0.25) is 0 Å². The highest BCUT2D eigenvalue weighted by molar-refractivity contribution is 7.92. The molecule has 2 aromatic rings. The first-order chi connectivity index (χ1) is 9.51. The number of hydrogen-bond acceptors (Lipinski definition) is 6. The fourth-order valence-corrected chi connectivity index (χ4v) is 4.21. The maximum atomic E-state index is 12.3. The topological polar surface area (TPSA) is 114 Å². The van der Waals surface area contributed by atoms with Crippen molar-refractivity contribution in [3.8, 4) is 0 Å². The zero-order valence-corrected chi connectivity index (χ0v) is 12.5. The highest BCUT2D eigenvalue weighted by Crippen LogP contribution is 2.41. The average molecular weight is 313 g/mol. The van der Waals surface area contributed by atoms with Gasteiger partial charge >= 0.3 is 0 Å². The van der Waals surface area contributed by atoms with Gasteiger partial charge in [0.05, 0.1) is 5.69 Å². The van der Waals surface area contributed by atoms with E-state index in [9.17, 15) is 8.42 Å². The lowest BCUT2D eigenvalue weighted by Crippen LogP contribution is -2.16. The fraction of sp³-hybridized carbons (Fsp3) is 0.455. The van der Waals surface area contributed by atoms with Crippen molar-refractivity contribution in [1.29, 1.82) is 0 Å². The Bertz CT molecular complexity index is 730. The van der Waals surface area contributed by atoms with E-state index in [2.05, 4.69) is 19.9 Å². The molecule has 0 aliphatic heterocycles. The maximum absolute atomic E-state index is 12.3. The molecule has 0 saturated heterocycles. The van der Waals surface area contributed by atoms with Gasteiger partial charge in [-0.25, -0.2) is 4.98 Å². The number of sulfonamides is 1. The third-order valence-electron chi connectivity index (χ3n) is 3.23. The Kier molecular flexibility index (Phi) is 3.27. The van der Waals surface area contributed by atoms with Crippen LogP contribution in [0.5, 0.6) is 0 Å². The Morgan fingerprint density at radius 3 is 2.95 bits per heavy atom. The Hall–Kier alpha value is -1.45. The van der Waals surface area contributed by atoms with Crippen LogP contribution in [-0.2, 0) is 16.6 Å². The molecule has 0 bridgehead atoms. The van der Waals surface area contributed by atoms with Gasteiger partial charge in [-0.3, -0.25) is 9.82 Å². The van der Waals surface area contributed by atoms with Crippen molar-refractivity contribution < 1.29 is 8.42 Å². The van der Waals surface area contributed by atoms with Crippen LogP contribution in [0.4, 0.5) is 5.13 Å². The molecule has 0 unspecified atom stereocenters. The molecule has 0 aromatic carbocycles. The molecular weight excluding hydrogens is 298 g/mol. The van der Waals surface area contributed by atoms with Crippen LogP contribution < -0.4 is 10.5 Å². The van der Waals surface area contributed by atoms with Gasteiger partial charge in [0.15, 0.2) is 5.13 Å². The van der Waals surface area contributed by atoms with Gasteiger partial charge in [0.2, 0.25) is 5.03 Å². The van der Waals surface area contributed by atoms with Gasteiger partial charge in [0.1, 0.15) is 0 Å². The summed E-state index contributed by atoms with van der Waals surface area (Å²) in [5.41, 5.74) is 7.69. The van der Waals surface area contributed by atoms with Crippen molar-refractivity contribution in [3.63, 3.8) is 0 Å². The number of aromatic nitrogens is 3. The molecule has 0 atom stereocenters. The molecule has 1 aliphatic rings. The largest absolute Gasteiger partial charge is 0.326 e. The summed E-state index contributed by atoms with van der Waals surface area (Å²) in [6.45, 7) is 1.85. The Morgan fingerprint density at radius 1 is 1.55 bits per heavy atom. The Balaban J connectivity index is 1.87. The normalized spacial score (nSPS) is 15.5. The van der Waals surface area contributed by atoms with E-state index in [4.69, 9.17) is 5.73 Å². The predicted molar refractivity (Wildman–Crippen MR) is 76.1 cm³/mol. The van der Waals surface area contributed by atoms with E-state index in [-0.39, 0.29) is 11.6 Å². The monoisotopic (exact) mass is 313 g/mol. The van der Waals surface area contributed by atoms with Gasteiger partial charge in [-0.2, -0.15) is 13.5 Å². The first kappa shape index (κ1) is 13.5. The summed E-state index contributed by atoms with van der Waals surface area (Å²) < 4.78 is 27.1. The molecule has 2 aromatic heterocycles. The molecule has 0 radical (unpaired) electrons. The summed E-state index contributed by atoms with van der Waals surface area (Å²) in [5, 5.41) is 8.69. The second-order valence-electron chi connectivity index (χ2n) is 4.79. The molecule has 1 aliphatic carbocycles. The van der Waals surface area contributed by atoms with Gasteiger partial charge in [-0.1, -0.05) is 0 Å². The van der Waals surface area contributed by atoms with E-state index in [1.54, 1.807) is 6.92 Å². The number of thiazole rings is 1. The van der Waals surface area contributed by atoms with Crippen molar-refractivity contribution in [3.05, 3.63) is 22.3 Å². The van der Waals surface area contributed by atoms with E-state index >= 15 is 0 Å². The van der Waals surface area contributed by atoms with E-state index in [0.29, 0.717) is 22.3 Å². The number of nitrogens with one attached hydrogen (secondary N) is 2. The van der Waals surface area contributed by atoms with Crippen LogP contribution in [0.15, 0.2) is 10.4 Å². The quantitative estimate of drug-likeness (QED) is 0.770. The van der Waals surface area contributed by atoms with Crippen LogP contribution in [-0.4, -0.2) is 23.6 Å². The molecule has 2 heterocycles. The molecule has 3 rings (SSSR count). The number of rotatable bonds is 5. The summed E-state index contributed by atoms with van der Waals surface area (Å²) >= 11 is 1.29. The number of hydrogen-bond donors (Lipinski definition) is 3. The minimum Gasteiger partial charge on any atom is -0.326 e. The predicted octanol–water partition coefficient (Wildman–Crippen LogP) is 1.31. The summed E-state index contributed by atoms with van der Waals surface area (Å²) in [5.74, 6) is 0.497. The van der Waals surface area contributed by atoms with Gasteiger partial charge in [0.25, 0.3) is 10.0 Å². The van der Waals surface area contributed by atoms with Crippen molar-refractivity contribution in [2.24, 2.45) is 5.73 Å². The molecule has 1 saturated carbocycles. The van der Waals surface area contributed by atoms with E-state index in [1.165, 1.54) is 11.3 Å². The van der Waals surface area contributed by atoms with Crippen molar-refractivity contribution in [2.75, 3.05) is 4.72 Å². The van der Waals surface area contributed by atoms with Crippen LogP contribution >= 0.6 is 11.3 Å². The number of H-pyrrole nitrogens is 1. The molecular formula is C11H15N5O2S2. The third-order valence-corrected chi connectivity index (χ3v) is 5.45. The second-order valence-corrected chi connectivity index (χ2v) is 7.25. The van der Waals surface area contributed by atoms with Gasteiger partial charge in [-0.05, 0) is 19.8 Å². The van der Waals surface area contributed by atoms with Gasteiger partial charge < -0.3 is 5.73 Å². The smallest absolute Gasteiger partial charge is 0.283 e. The highest BCUT2D eigenvalue weighted by Gasteiger charge is 2.28. The number of aryl methyl sites for hydroxylation is 1. The lowest BCUT2D eigenvalue weighted by atomic mass is 10.3. The SMILES string of the molecule is Cc1[nH]nc(S(=O)(=O)Nc2nc(C3CC3)cs2)c1CN. The maximum Gasteiger partial charge on any atom is 0.283 e. The van der Waals surface area contributed by atoms with Gasteiger partial charge in [-0.15, -0.1) is 11.3 Å². The molecule has 1 fully saturated rings. The number of aromatic amines is 1. The number of nitrogens with two attached hydrogens (primary N) is 1. The minimum atomic E-state index is -3.75. The zero-order chi connectivity index (χ0) is 14.3. The van der Waals surface area contributed by atoms with Crippen molar-refractivity contribution >= 4 is 26.5 Å². The standard InChI is InChI=1S/C11H15N5O2S2/c1-6-8(4-12)10(15-14-6)20(17,18)16-11-13-9(5-19-11)7-2-3-7/h5,7H,2-4,12H2,1H3,(H,13,16)(H,14,15). The van der Waals surface area contributed by atoms with Crippen molar-refractivity contribution in [2.45, 2.75) is 37.3 Å². The Labute approximate surface area is 120 Å². The Morgan fingerprint density at radius 2 is 2.30 bits per heavy atom. The van der Waals surface area contributed by atoms with Crippen LogP contribution in [0, 0.1) is 6.92 Å². The van der Waals surface area contributed by atoms with E-state index < -0.39 is 10.0 Å². The first-order valence-corrected chi connectivity index (χ1v) is 8.59. The number of nitrogens with zero attached hydrogens (tertiary/aromatic N) is 2. The summed E-state index contributed by atoms with van der Waals surface area (Å²) in [4.78, 5) is 4.30. The van der Waals surface area contributed by atoms with Gasteiger partial charge in [0, 0.05) is 29.1 Å². The molecule has 0 amide bonds. The molecule has 0 spiro atoms. The summed E-state index contributed by atoms with van der Waals surface area (Å²) in [6.07, 6.45) is 2.26. The first-order valence-electron chi connectivity index (χ1n) is 6.23. The minimum absolute atomic E-state index is 0.0549. The zero-order valence-electron chi connectivity index (χ0n) is 10.9. The number of anilines is 1. The second kappa shape index (κ2) is 4.83. The summed E-state index contributed by atoms with van der Waals surface area (Å²) in [6, 6.07) is 0. The fourth-order valence-electron chi connectivity index (χ4n) is 1.96. The van der Waals surface area contributed by atoms with Crippen molar-refractivity contribution in [1.82, 2.24) is 15.2 Å². The highest BCUT2D eigenvalue weighted by atomic mass is 32.2. The molecule has 7 nitrogen and oxygen atoms in total. The van der Waals surface area contributed by atoms with Crippen LogP contribution in [0.25, 0.3) is 0 Å². The lowest BCUT2D eigenvalue weighted by Gasteiger charge is -2.04. The molecule has 20 heavy (non-hydrogen) atoms. The molecule has 108 valence electrons. The average Bonchev–Trinajstić information content (AvgIpc) is 3.03. The molecule has 4 N–H and O–H groups in total.